The maximum absolute atomic E-state index is 12.2. The monoisotopic (exact) mass is 288 g/mol. The molecule has 2 heterocycles. The van der Waals surface area contributed by atoms with Gasteiger partial charge in [-0.3, -0.25) is 5.10 Å². The van der Waals surface area contributed by atoms with Crippen LogP contribution in [0.2, 0.25) is 0 Å². The van der Waals surface area contributed by atoms with Gasteiger partial charge in [0.25, 0.3) is 0 Å². The first-order valence-corrected chi connectivity index (χ1v) is 7.84. The number of nitrogens with two attached hydrogens (primary N) is 1. The van der Waals surface area contributed by atoms with Crippen LogP contribution in [-0.2, 0) is 21.3 Å². The zero-order chi connectivity index (χ0) is 13.9. The van der Waals surface area contributed by atoms with E-state index in [1.165, 1.54) is 0 Å². The Balaban J connectivity index is 1.99. The number of H-pyrrole nitrogens is 1. The Bertz CT molecular complexity index is 520. The molecule has 2 rings (SSSR count). The lowest BCUT2D eigenvalue weighted by Crippen LogP contribution is -2.27. The molecule has 1 unspecified atom stereocenters. The molecule has 19 heavy (non-hydrogen) atoms. The topological polar surface area (TPSA) is 110 Å². The molecule has 8 heteroatoms. The van der Waals surface area contributed by atoms with Crippen LogP contribution < -0.4 is 10.5 Å². The van der Waals surface area contributed by atoms with Crippen molar-refractivity contribution in [3.8, 4) is 0 Å². The molecule has 1 atom stereocenters. The summed E-state index contributed by atoms with van der Waals surface area (Å²) >= 11 is 0. The molecule has 1 fully saturated rings. The summed E-state index contributed by atoms with van der Waals surface area (Å²) in [6.45, 7) is 3.67. The largest absolute Gasteiger partial charge is 0.381 e. The summed E-state index contributed by atoms with van der Waals surface area (Å²) in [5, 5.41) is 6.55. The molecule has 4 N–H and O–H groups in total. The van der Waals surface area contributed by atoms with Crippen molar-refractivity contribution in [2.24, 2.45) is 11.7 Å². The SMILES string of the molecule is Cc1[nH]nc(CN)c1S(=O)(=O)NCCC1CCOC1. The number of hydrogen-bond acceptors (Lipinski definition) is 5. The van der Waals surface area contributed by atoms with Crippen LogP contribution >= 0.6 is 0 Å². The number of nitrogens with one attached hydrogen (secondary N) is 2. The van der Waals surface area contributed by atoms with E-state index in [9.17, 15) is 8.42 Å². The van der Waals surface area contributed by atoms with Crippen molar-refractivity contribution in [3.63, 3.8) is 0 Å². The molecule has 108 valence electrons. The highest BCUT2D eigenvalue weighted by atomic mass is 32.2. The van der Waals surface area contributed by atoms with Gasteiger partial charge < -0.3 is 10.5 Å². The molecule has 0 bridgehead atoms. The van der Waals surface area contributed by atoms with Crippen LogP contribution in [0.15, 0.2) is 4.90 Å². The Morgan fingerprint density at radius 2 is 2.37 bits per heavy atom. The molecule has 0 saturated carbocycles. The van der Waals surface area contributed by atoms with E-state index < -0.39 is 10.0 Å². The molecule has 0 spiro atoms. The van der Waals surface area contributed by atoms with Crippen LogP contribution in [0.1, 0.15) is 24.2 Å². The van der Waals surface area contributed by atoms with Gasteiger partial charge in [0, 0.05) is 26.3 Å². The smallest absolute Gasteiger partial charge is 0.244 e. The van der Waals surface area contributed by atoms with Crippen LogP contribution in [0, 0.1) is 12.8 Å². The first-order chi connectivity index (χ1) is 9.04. The van der Waals surface area contributed by atoms with E-state index in [2.05, 4.69) is 14.9 Å². The van der Waals surface area contributed by atoms with Crippen LogP contribution in [-0.4, -0.2) is 38.4 Å². The number of aryl methyl sites for hydroxylation is 1. The average Bonchev–Trinajstić information content (AvgIpc) is 2.98. The molecule has 7 nitrogen and oxygen atoms in total. The third kappa shape index (κ3) is 3.33. The zero-order valence-electron chi connectivity index (χ0n) is 11.0. The molecule has 0 amide bonds. The molecule has 0 radical (unpaired) electrons. The first kappa shape index (κ1) is 14.4. The second-order valence-corrected chi connectivity index (χ2v) is 6.45. The van der Waals surface area contributed by atoms with E-state index in [1.54, 1.807) is 6.92 Å². The Morgan fingerprint density at radius 1 is 1.58 bits per heavy atom. The number of aromatic amines is 1. The van der Waals surface area contributed by atoms with Gasteiger partial charge in [0.1, 0.15) is 4.90 Å². The van der Waals surface area contributed by atoms with Crippen LogP contribution in [0.25, 0.3) is 0 Å². The molecule has 1 aliphatic heterocycles. The van der Waals surface area contributed by atoms with Gasteiger partial charge >= 0.3 is 0 Å². The summed E-state index contributed by atoms with van der Waals surface area (Å²) in [5.41, 5.74) is 6.38. The third-order valence-corrected chi connectivity index (χ3v) is 4.96. The van der Waals surface area contributed by atoms with Crippen molar-refractivity contribution >= 4 is 10.0 Å². The lowest BCUT2D eigenvalue weighted by molar-refractivity contribution is 0.184. The van der Waals surface area contributed by atoms with E-state index in [-0.39, 0.29) is 11.4 Å². The van der Waals surface area contributed by atoms with Gasteiger partial charge in [-0.05, 0) is 25.7 Å². The van der Waals surface area contributed by atoms with Crippen molar-refractivity contribution in [1.82, 2.24) is 14.9 Å². The fourth-order valence-electron chi connectivity index (χ4n) is 2.24. The van der Waals surface area contributed by atoms with Crippen LogP contribution in [0.5, 0.6) is 0 Å². The van der Waals surface area contributed by atoms with Gasteiger partial charge in [-0.2, -0.15) is 5.10 Å². The molecule has 1 aromatic rings. The summed E-state index contributed by atoms with van der Waals surface area (Å²) in [5.74, 6) is 0.446. The quantitative estimate of drug-likeness (QED) is 0.676. The Labute approximate surface area is 113 Å². The zero-order valence-corrected chi connectivity index (χ0v) is 11.8. The van der Waals surface area contributed by atoms with Gasteiger partial charge in [-0.25, -0.2) is 13.1 Å². The number of sulfonamides is 1. The summed E-state index contributed by atoms with van der Waals surface area (Å²) in [4.78, 5) is 0.178. The number of hydrogen-bond donors (Lipinski definition) is 3. The first-order valence-electron chi connectivity index (χ1n) is 6.36. The fourth-order valence-corrected chi connectivity index (χ4v) is 3.66. The predicted octanol–water partition coefficient (Wildman–Crippen LogP) is -0.118. The highest BCUT2D eigenvalue weighted by molar-refractivity contribution is 7.89. The Morgan fingerprint density at radius 3 is 3.00 bits per heavy atom. The van der Waals surface area contributed by atoms with Crippen molar-refractivity contribution in [2.45, 2.75) is 31.2 Å². The second-order valence-electron chi connectivity index (χ2n) is 4.74. The highest BCUT2D eigenvalue weighted by Crippen LogP contribution is 2.18. The minimum absolute atomic E-state index is 0.0943. The van der Waals surface area contributed by atoms with Crippen molar-refractivity contribution in [2.75, 3.05) is 19.8 Å². The molecule has 1 aromatic heterocycles. The number of nitrogens with zero attached hydrogens (tertiary/aromatic N) is 1. The maximum Gasteiger partial charge on any atom is 0.244 e. The third-order valence-electron chi connectivity index (χ3n) is 3.29. The number of rotatable bonds is 6. The molecule has 1 aliphatic rings. The predicted molar refractivity (Wildman–Crippen MR) is 69.9 cm³/mol. The van der Waals surface area contributed by atoms with Crippen molar-refractivity contribution in [3.05, 3.63) is 11.4 Å². The van der Waals surface area contributed by atoms with Crippen molar-refractivity contribution < 1.29 is 13.2 Å². The second kappa shape index (κ2) is 6.00. The lowest BCUT2D eigenvalue weighted by atomic mass is 10.1. The van der Waals surface area contributed by atoms with Gasteiger partial charge in [0.05, 0.1) is 11.4 Å². The number of aromatic nitrogens is 2. The van der Waals surface area contributed by atoms with E-state index in [0.717, 1.165) is 26.1 Å². The minimum Gasteiger partial charge on any atom is -0.381 e. The Kier molecular flexibility index (Phi) is 4.56. The summed E-state index contributed by atoms with van der Waals surface area (Å²) in [7, 11) is -3.55. The van der Waals surface area contributed by atoms with E-state index in [4.69, 9.17) is 10.5 Å². The van der Waals surface area contributed by atoms with Gasteiger partial charge in [0.15, 0.2) is 0 Å². The summed E-state index contributed by atoms with van der Waals surface area (Å²) < 4.78 is 32.3. The maximum atomic E-state index is 12.2. The normalized spacial score (nSPS) is 20.0. The van der Waals surface area contributed by atoms with Gasteiger partial charge in [-0.15, -0.1) is 0 Å². The van der Waals surface area contributed by atoms with E-state index >= 15 is 0 Å². The Hall–Kier alpha value is -0.960. The fraction of sp³-hybridized carbons (Fsp3) is 0.727. The van der Waals surface area contributed by atoms with E-state index in [0.29, 0.717) is 23.9 Å². The average molecular weight is 288 g/mol. The van der Waals surface area contributed by atoms with Crippen LogP contribution in [0.3, 0.4) is 0 Å². The molecule has 0 aromatic carbocycles. The number of ether oxygens (including phenoxy) is 1. The molecule has 0 aliphatic carbocycles. The summed E-state index contributed by atoms with van der Waals surface area (Å²) in [6, 6.07) is 0. The molecular formula is C11H20N4O3S. The van der Waals surface area contributed by atoms with E-state index in [1.807, 2.05) is 0 Å². The minimum atomic E-state index is -3.55. The lowest BCUT2D eigenvalue weighted by Gasteiger charge is -2.10. The molecular weight excluding hydrogens is 268 g/mol. The standard InChI is InChI=1S/C11H20N4O3S/c1-8-11(10(6-12)15-14-8)19(16,17)13-4-2-9-3-5-18-7-9/h9,13H,2-7,12H2,1H3,(H,14,15). The van der Waals surface area contributed by atoms with Crippen molar-refractivity contribution in [1.29, 1.82) is 0 Å². The highest BCUT2D eigenvalue weighted by Gasteiger charge is 2.24. The van der Waals surface area contributed by atoms with Gasteiger partial charge in [-0.1, -0.05) is 0 Å². The van der Waals surface area contributed by atoms with Gasteiger partial charge in [0.2, 0.25) is 10.0 Å². The molecule has 1 saturated heterocycles. The van der Waals surface area contributed by atoms with Crippen LogP contribution in [0.4, 0.5) is 0 Å². The summed E-state index contributed by atoms with van der Waals surface area (Å²) in [6.07, 6.45) is 1.79.